The van der Waals surface area contributed by atoms with Crippen molar-refractivity contribution in [3.05, 3.63) is 40.1 Å². The molecule has 0 saturated heterocycles. The van der Waals surface area contributed by atoms with Crippen LogP contribution in [0.2, 0.25) is 0 Å². The summed E-state index contributed by atoms with van der Waals surface area (Å²) >= 11 is 1.71. The normalized spacial score (nSPS) is 12.4. The zero-order chi connectivity index (χ0) is 13.7. The van der Waals surface area contributed by atoms with Crippen LogP contribution >= 0.6 is 11.3 Å². The molecule has 19 heavy (non-hydrogen) atoms. The Bertz CT molecular complexity index is 527. The van der Waals surface area contributed by atoms with Crippen molar-refractivity contribution in [2.45, 2.75) is 26.3 Å². The summed E-state index contributed by atoms with van der Waals surface area (Å²) in [5, 5.41) is 4.62. The lowest BCUT2D eigenvalue weighted by molar-refractivity contribution is 0.411. The van der Waals surface area contributed by atoms with E-state index in [0.29, 0.717) is 0 Å². The number of ether oxygens (including phenoxy) is 1. The van der Waals surface area contributed by atoms with Gasteiger partial charge in [-0.15, -0.1) is 11.3 Å². The first-order valence-corrected chi connectivity index (χ1v) is 7.21. The molecule has 0 spiro atoms. The van der Waals surface area contributed by atoms with Crippen LogP contribution in [0, 0.1) is 6.92 Å². The molecule has 0 aliphatic heterocycles. The minimum absolute atomic E-state index is 0.133. The average molecular weight is 277 g/mol. The molecule has 2 aromatic heterocycles. The van der Waals surface area contributed by atoms with Crippen LogP contribution in [0.5, 0.6) is 5.75 Å². The molecule has 102 valence electrons. The molecular formula is C14H19N3OS. The number of hydrogen-bond acceptors (Lipinski definition) is 5. The summed E-state index contributed by atoms with van der Waals surface area (Å²) in [5.74, 6) is 0.780. The summed E-state index contributed by atoms with van der Waals surface area (Å²) in [6.45, 7) is 5.14. The molecule has 5 heteroatoms. The number of nitrogens with one attached hydrogen (secondary N) is 1. The van der Waals surface area contributed by atoms with Gasteiger partial charge in [-0.05, 0) is 31.5 Å². The Balaban J connectivity index is 2.30. The molecule has 0 amide bonds. The van der Waals surface area contributed by atoms with Crippen molar-refractivity contribution < 1.29 is 4.74 Å². The van der Waals surface area contributed by atoms with Gasteiger partial charge in [-0.2, -0.15) is 0 Å². The fourth-order valence-electron chi connectivity index (χ4n) is 1.89. The van der Waals surface area contributed by atoms with E-state index in [1.807, 2.05) is 25.4 Å². The number of methoxy groups -OCH3 is 1. The van der Waals surface area contributed by atoms with Gasteiger partial charge < -0.3 is 10.1 Å². The van der Waals surface area contributed by atoms with Crippen LogP contribution in [0.3, 0.4) is 0 Å². The minimum atomic E-state index is 0.133. The first kappa shape index (κ1) is 14.0. The molecule has 0 bridgehead atoms. The molecule has 0 aliphatic carbocycles. The molecule has 1 N–H and O–H groups in total. The van der Waals surface area contributed by atoms with E-state index in [-0.39, 0.29) is 6.04 Å². The van der Waals surface area contributed by atoms with Crippen molar-refractivity contribution in [3.63, 3.8) is 0 Å². The number of nitrogens with zero attached hydrogens (tertiary/aromatic N) is 2. The highest BCUT2D eigenvalue weighted by Gasteiger charge is 2.16. The third-order valence-corrected chi connectivity index (χ3v) is 3.80. The van der Waals surface area contributed by atoms with Gasteiger partial charge in [-0.1, -0.05) is 6.92 Å². The molecule has 2 rings (SSSR count). The molecule has 2 heterocycles. The fraction of sp³-hybridized carbons (Fsp3) is 0.429. The highest BCUT2D eigenvalue weighted by molar-refractivity contribution is 7.11. The number of pyridine rings is 1. The lowest BCUT2D eigenvalue weighted by atomic mass is 10.1. The number of aromatic nitrogens is 2. The zero-order valence-electron chi connectivity index (χ0n) is 11.5. The third kappa shape index (κ3) is 3.52. The molecule has 1 atom stereocenters. The van der Waals surface area contributed by atoms with Crippen LogP contribution in [-0.2, 0) is 0 Å². The Morgan fingerprint density at radius 2 is 2.21 bits per heavy atom. The Morgan fingerprint density at radius 3 is 2.84 bits per heavy atom. The van der Waals surface area contributed by atoms with Crippen molar-refractivity contribution >= 4 is 11.3 Å². The van der Waals surface area contributed by atoms with Gasteiger partial charge >= 0.3 is 0 Å². The van der Waals surface area contributed by atoms with Crippen molar-refractivity contribution in [1.29, 1.82) is 0 Å². The topological polar surface area (TPSA) is 47.0 Å². The average Bonchev–Trinajstić information content (AvgIpc) is 2.86. The molecule has 0 aliphatic rings. The minimum Gasteiger partial charge on any atom is -0.495 e. The highest BCUT2D eigenvalue weighted by atomic mass is 32.1. The van der Waals surface area contributed by atoms with Crippen molar-refractivity contribution in [2.75, 3.05) is 13.7 Å². The van der Waals surface area contributed by atoms with E-state index < -0.39 is 0 Å². The quantitative estimate of drug-likeness (QED) is 0.882. The van der Waals surface area contributed by atoms with Gasteiger partial charge in [-0.3, -0.25) is 4.98 Å². The zero-order valence-corrected chi connectivity index (χ0v) is 12.3. The van der Waals surface area contributed by atoms with E-state index in [9.17, 15) is 0 Å². The van der Waals surface area contributed by atoms with E-state index in [1.54, 1.807) is 24.6 Å². The van der Waals surface area contributed by atoms with Gasteiger partial charge in [0, 0.05) is 17.3 Å². The number of thiazole rings is 1. The second-order valence-electron chi connectivity index (χ2n) is 4.33. The monoisotopic (exact) mass is 277 g/mol. The predicted octanol–water partition coefficient (Wildman–Crippen LogP) is 2.94. The third-order valence-electron chi connectivity index (χ3n) is 2.83. The van der Waals surface area contributed by atoms with Crippen LogP contribution in [0.1, 0.15) is 34.8 Å². The molecule has 1 unspecified atom stereocenters. The summed E-state index contributed by atoms with van der Waals surface area (Å²) in [7, 11) is 1.66. The van der Waals surface area contributed by atoms with E-state index in [0.717, 1.165) is 29.3 Å². The first-order chi connectivity index (χ1) is 9.24. The van der Waals surface area contributed by atoms with Gasteiger partial charge in [-0.25, -0.2) is 4.98 Å². The molecule has 2 aromatic rings. The standard InChI is InChI=1S/C14H19N3OS/c1-4-5-16-14(13-9-17-10(2)19-13)11-6-12(18-3)8-15-7-11/h6-9,14,16H,4-5H2,1-3H3. The Morgan fingerprint density at radius 1 is 1.37 bits per heavy atom. The number of hydrogen-bond donors (Lipinski definition) is 1. The van der Waals surface area contributed by atoms with Crippen molar-refractivity contribution in [1.82, 2.24) is 15.3 Å². The molecule has 0 saturated carbocycles. The second-order valence-corrected chi connectivity index (χ2v) is 5.59. The summed E-state index contributed by atoms with van der Waals surface area (Å²) < 4.78 is 5.25. The van der Waals surface area contributed by atoms with Crippen LogP contribution < -0.4 is 10.1 Å². The predicted molar refractivity (Wildman–Crippen MR) is 77.8 cm³/mol. The summed E-state index contributed by atoms with van der Waals surface area (Å²) in [6.07, 6.45) is 6.63. The van der Waals surface area contributed by atoms with Crippen molar-refractivity contribution in [2.24, 2.45) is 0 Å². The second kappa shape index (κ2) is 6.63. The largest absolute Gasteiger partial charge is 0.495 e. The van der Waals surface area contributed by atoms with Crippen LogP contribution in [0.4, 0.5) is 0 Å². The molecule has 0 radical (unpaired) electrons. The van der Waals surface area contributed by atoms with E-state index >= 15 is 0 Å². The molecule has 4 nitrogen and oxygen atoms in total. The first-order valence-electron chi connectivity index (χ1n) is 6.39. The fourth-order valence-corrected chi connectivity index (χ4v) is 2.78. The maximum Gasteiger partial charge on any atom is 0.137 e. The highest BCUT2D eigenvalue weighted by Crippen LogP contribution is 2.28. The smallest absolute Gasteiger partial charge is 0.137 e. The summed E-state index contributed by atoms with van der Waals surface area (Å²) in [4.78, 5) is 9.79. The maximum absolute atomic E-state index is 5.25. The van der Waals surface area contributed by atoms with Crippen LogP contribution in [0.25, 0.3) is 0 Å². The van der Waals surface area contributed by atoms with Gasteiger partial charge in [0.1, 0.15) is 5.75 Å². The van der Waals surface area contributed by atoms with Gasteiger partial charge in [0.2, 0.25) is 0 Å². The molecule has 0 fully saturated rings. The Kier molecular flexibility index (Phi) is 4.87. The SMILES string of the molecule is CCCNC(c1cncc(OC)c1)c1cnc(C)s1. The van der Waals surface area contributed by atoms with E-state index in [2.05, 4.69) is 22.2 Å². The summed E-state index contributed by atoms with van der Waals surface area (Å²) in [5.41, 5.74) is 1.11. The van der Waals surface area contributed by atoms with Gasteiger partial charge in [0.05, 0.1) is 24.4 Å². The lowest BCUT2D eigenvalue weighted by Gasteiger charge is -2.17. The number of rotatable bonds is 6. The Labute approximate surface area is 117 Å². The Hall–Kier alpha value is -1.46. The van der Waals surface area contributed by atoms with Crippen LogP contribution in [0.15, 0.2) is 24.7 Å². The van der Waals surface area contributed by atoms with Gasteiger partial charge in [0.25, 0.3) is 0 Å². The number of aryl methyl sites for hydroxylation is 1. The molecular weight excluding hydrogens is 258 g/mol. The van der Waals surface area contributed by atoms with E-state index in [4.69, 9.17) is 4.74 Å². The van der Waals surface area contributed by atoms with Crippen LogP contribution in [-0.4, -0.2) is 23.6 Å². The van der Waals surface area contributed by atoms with Gasteiger partial charge in [0.15, 0.2) is 0 Å². The van der Waals surface area contributed by atoms with Crippen molar-refractivity contribution in [3.8, 4) is 5.75 Å². The van der Waals surface area contributed by atoms with E-state index in [1.165, 1.54) is 4.88 Å². The molecule has 0 aromatic carbocycles. The lowest BCUT2D eigenvalue weighted by Crippen LogP contribution is -2.22. The summed E-state index contributed by atoms with van der Waals surface area (Å²) in [6, 6.07) is 2.16. The maximum atomic E-state index is 5.25.